The maximum atomic E-state index is 12.5. The first-order valence-electron chi connectivity index (χ1n) is 8.06. The highest BCUT2D eigenvalue weighted by Crippen LogP contribution is 2.18. The lowest BCUT2D eigenvalue weighted by Crippen LogP contribution is -2.49. The molecule has 4 nitrogen and oxygen atoms in total. The second kappa shape index (κ2) is 6.73. The van der Waals surface area contributed by atoms with Crippen molar-refractivity contribution in [2.45, 2.75) is 13.3 Å². The molecule has 0 bridgehead atoms. The molecule has 1 fully saturated rings. The zero-order valence-electron chi connectivity index (χ0n) is 13.5. The Morgan fingerprint density at radius 1 is 1.00 bits per heavy atom. The Kier molecular flexibility index (Phi) is 4.51. The lowest BCUT2D eigenvalue weighted by Gasteiger charge is -2.36. The molecule has 0 aliphatic carbocycles. The molecule has 2 aromatic carbocycles. The molecule has 0 unspecified atom stereocenters. The van der Waals surface area contributed by atoms with Crippen molar-refractivity contribution in [1.82, 2.24) is 4.90 Å². The quantitative estimate of drug-likeness (QED) is 0.886. The van der Waals surface area contributed by atoms with Crippen LogP contribution in [0.4, 0.5) is 11.4 Å². The molecule has 4 heteroatoms. The summed E-state index contributed by atoms with van der Waals surface area (Å²) in [4.78, 5) is 16.8. The average Bonchev–Trinajstić information content (AvgIpc) is 2.58. The second-order valence-electron chi connectivity index (χ2n) is 6.06. The van der Waals surface area contributed by atoms with E-state index in [4.69, 9.17) is 5.73 Å². The number of rotatable bonds is 3. The third-order valence-corrected chi connectivity index (χ3v) is 4.49. The van der Waals surface area contributed by atoms with Crippen LogP contribution < -0.4 is 10.6 Å². The highest BCUT2D eigenvalue weighted by atomic mass is 16.2. The molecule has 1 heterocycles. The minimum atomic E-state index is 0.219. The minimum absolute atomic E-state index is 0.219. The molecule has 2 N–H and O–H groups in total. The van der Waals surface area contributed by atoms with Gasteiger partial charge in [0.1, 0.15) is 0 Å². The number of piperazine rings is 1. The Hall–Kier alpha value is -2.49. The van der Waals surface area contributed by atoms with Gasteiger partial charge in [0.15, 0.2) is 0 Å². The summed E-state index contributed by atoms with van der Waals surface area (Å²) in [5, 5.41) is 0. The van der Waals surface area contributed by atoms with E-state index in [1.807, 2.05) is 47.4 Å². The number of hydrogen-bond donors (Lipinski definition) is 1. The summed E-state index contributed by atoms with van der Waals surface area (Å²) in [6.07, 6.45) is 0.495. The van der Waals surface area contributed by atoms with Gasteiger partial charge in [0, 0.05) is 37.6 Å². The molecule has 2 aromatic rings. The van der Waals surface area contributed by atoms with Crippen LogP contribution in [0, 0.1) is 6.92 Å². The molecule has 3 rings (SSSR count). The highest BCUT2D eigenvalue weighted by molar-refractivity contribution is 5.79. The van der Waals surface area contributed by atoms with Gasteiger partial charge in [-0.25, -0.2) is 0 Å². The van der Waals surface area contributed by atoms with Crippen molar-refractivity contribution in [3.05, 3.63) is 59.7 Å². The van der Waals surface area contributed by atoms with Crippen LogP contribution in [0.1, 0.15) is 11.1 Å². The highest BCUT2D eigenvalue weighted by Gasteiger charge is 2.21. The third kappa shape index (κ3) is 3.65. The van der Waals surface area contributed by atoms with Gasteiger partial charge in [0.2, 0.25) is 5.91 Å². The Balaban J connectivity index is 1.57. The van der Waals surface area contributed by atoms with Crippen LogP contribution in [0.3, 0.4) is 0 Å². The van der Waals surface area contributed by atoms with Crippen LogP contribution in [0.15, 0.2) is 48.5 Å². The van der Waals surface area contributed by atoms with Crippen molar-refractivity contribution < 1.29 is 4.79 Å². The Labute approximate surface area is 137 Å². The van der Waals surface area contributed by atoms with Gasteiger partial charge in [-0.1, -0.05) is 24.3 Å². The van der Waals surface area contributed by atoms with Crippen LogP contribution in [0.5, 0.6) is 0 Å². The zero-order chi connectivity index (χ0) is 16.2. The standard InChI is InChI=1S/C19H23N3O/c1-15-4-2-3-5-16(15)14-19(23)22-12-10-21(11-13-22)18-8-6-17(20)7-9-18/h2-9H,10-14,20H2,1H3. The molecule has 0 atom stereocenters. The maximum Gasteiger partial charge on any atom is 0.227 e. The van der Waals surface area contributed by atoms with Gasteiger partial charge in [-0.2, -0.15) is 0 Å². The van der Waals surface area contributed by atoms with Crippen LogP contribution in [0.25, 0.3) is 0 Å². The normalized spacial score (nSPS) is 14.8. The fraction of sp³-hybridized carbons (Fsp3) is 0.316. The lowest BCUT2D eigenvalue weighted by molar-refractivity contribution is -0.130. The molecule has 1 aliphatic rings. The van der Waals surface area contributed by atoms with Crippen molar-refractivity contribution in [2.75, 3.05) is 36.8 Å². The fourth-order valence-corrected chi connectivity index (χ4v) is 2.98. The number of carbonyl (C=O) groups is 1. The van der Waals surface area contributed by atoms with E-state index < -0.39 is 0 Å². The molecule has 0 aromatic heterocycles. The SMILES string of the molecule is Cc1ccccc1CC(=O)N1CCN(c2ccc(N)cc2)CC1. The number of carbonyl (C=O) groups excluding carboxylic acids is 1. The predicted octanol–water partition coefficient (Wildman–Crippen LogP) is 2.47. The monoisotopic (exact) mass is 309 g/mol. The first-order chi connectivity index (χ1) is 11.1. The van der Waals surface area contributed by atoms with Crippen molar-refractivity contribution >= 4 is 17.3 Å². The third-order valence-electron chi connectivity index (χ3n) is 4.49. The van der Waals surface area contributed by atoms with Gasteiger partial charge < -0.3 is 15.5 Å². The Bertz CT molecular complexity index is 673. The zero-order valence-corrected chi connectivity index (χ0v) is 13.5. The van der Waals surface area contributed by atoms with E-state index in [1.54, 1.807) is 0 Å². The average molecular weight is 309 g/mol. The van der Waals surface area contributed by atoms with Crippen LogP contribution in [0.2, 0.25) is 0 Å². The van der Waals surface area contributed by atoms with Crippen LogP contribution in [-0.2, 0) is 11.2 Å². The molecule has 23 heavy (non-hydrogen) atoms. The van der Waals surface area contributed by atoms with Crippen LogP contribution in [-0.4, -0.2) is 37.0 Å². The summed E-state index contributed by atoms with van der Waals surface area (Å²) in [6, 6.07) is 16.0. The number of hydrogen-bond acceptors (Lipinski definition) is 3. The molecule has 0 spiro atoms. The van der Waals surface area contributed by atoms with Crippen molar-refractivity contribution in [2.24, 2.45) is 0 Å². The van der Waals surface area contributed by atoms with Crippen molar-refractivity contribution in [3.8, 4) is 0 Å². The molecule has 1 aliphatic heterocycles. The van der Waals surface area contributed by atoms with E-state index in [2.05, 4.69) is 17.9 Å². The molecule has 1 amide bonds. The largest absolute Gasteiger partial charge is 0.399 e. The summed E-state index contributed by atoms with van der Waals surface area (Å²) in [7, 11) is 0. The first-order valence-corrected chi connectivity index (χ1v) is 8.06. The topological polar surface area (TPSA) is 49.6 Å². The Morgan fingerprint density at radius 3 is 2.30 bits per heavy atom. The number of amides is 1. The number of anilines is 2. The van der Waals surface area contributed by atoms with Crippen molar-refractivity contribution in [1.29, 1.82) is 0 Å². The van der Waals surface area contributed by atoms with E-state index in [9.17, 15) is 4.79 Å². The number of benzene rings is 2. The summed E-state index contributed by atoms with van der Waals surface area (Å²) in [5.74, 6) is 0.219. The first kappa shape index (κ1) is 15.4. The summed E-state index contributed by atoms with van der Waals surface area (Å²) >= 11 is 0. The maximum absolute atomic E-state index is 12.5. The molecular weight excluding hydrogens is 286 g/mol. The molecule has 1 saturated heterocycles. The van der Waals surface area contributed by atoms with Gasteiger partial charge in [-0.3, -0.25) is 4.79 Å². The lowest BCUT2D eigenvalue weighted by atomic mass is 10.1. The summed E-state index contributed by atoms with van der Waals surface area (Å²) in [5.41, 5.74) is 9.99. The summed E-state index contributed by atoms with van der Waals surface area (Å²) in [6.45, 7) is 5.33. The fourth-order valence-electron chi connectivity index (χ4n) is 2.98. The van der Waals surface area contributed by atoms with E-state index in [0.717, 1.165) is 37.4 Å². The van der Waals surface area contributed by atoms with E-state index >= 15 is 0 Å². The predicted molar refractivity (Wildman–Crippen MR) is 94.5 cm³/mol. The van der Waals surface area contributed by atoms with Gasteiger partial charge in [-0.05, 0) is 42.3 Å². The van der Waals surface area contributed by atoms with Crippen molar-refractivity contribution in [3.63, 3.8) is 0 Å². The number of aryl methyl sites for hydroxylation is 1. The van der Waals surface area contributed by atoms with Gasteiger partial charge in [0.05, 0.1) is 6.42 Å². The van der Waals surface area contributed by atoms with Gasteiger partial charge >= 0.3 is 0 Å². The van der Waals surface area contributed by atoms with Crippen LogP contribution >= 0.6 is 0 Å². The van der Waals surface area contributed by atoms with E-state index in [-0.39, 0.29) is 5.91 Å². The smallest absolute Gasteiger partial charge is 0.227 e. The van der Waals surface area contributed by atoms with Gasteiger partial charge in [-0.15, -0.1) is 0 Å². The summed E-state index contributed by atoms with van der Waals surface area (Å²) < 4.78 is 0. The number of nitrogens with zero attached hydrogens (tertiary/aromatic N) is 2. The molecule has 0 radical (unpaired) electrons. The number of nitrogens with two attached hydrogens (primary N) is 1. The second-order valence-corrected chi connectivity index (χ2v) is 6.06. The van der Waals surface area contributed by atoms with Gasteiger partial charge in [0.25, 0.3) is 0 Å². The molecule has 0 saturated carbocycles. The van der Waals surface area contributed by atoms with E-state index in [0.29, 0.717) is 6.42 Å². The minimum Gasteiger partial charge on any atom is -0.399 e. The number of nitrogen functional groups attached to an aromatic ring is 1. The Morgan fingerprint density at radius 2 is 1.65 bits per heavy atom. The molecule has 120 valence electrons. The van der Waals surface area contributed by atoms with E-state index in [1.165, 1.54) is 11.3 Å². The molecular formula is C19H23N3O.